The molecule has 3 aromatic rings. The molecule has 0 radical (unpaired) electrons. The number of hydrogen-bond acceptors (Lipinski definition) is 4. The highest BCUT2D eigenvalue weighted by Crippen LogP contribution is 2.28. The van der Waals surface area contributed by atoms with Gasteiger partial charge in [-0.05, 0) is 68.1 Å². The molecule has 1 N–H and O–H groups in total. The summed E-state index contributed by atoms with van der Waals surface area (Å²) in [5, 5.41) is 2.66. The molecule has 0 aliphatic carbocycles. The van der Waals surface area contributed by atoms with Gasteiger partial charge in [-0.2, -0.15) is 0 Å². The Balaban J connectivity index is 2.08. The van der Waals surface area contributed by atoms with Gasteiger partial charge >= 0.3 is 0 Å². The Hall–Kier alpha value is -3.43. The summed E-state index contributed by atoms with van der Waals surface area (Å²) in [6, 6.07) is 17.7. The van der Waals surface area contributed by atoms with Crippen molar-refractivity contribution in [3.8, 4) is 0 Å². The van der Waals surface area contributed by atoms with Crippen LogP contribution in [0, 0.1) is 12.7 Å². The van der Waals surface area contributed by atoms with Crippen LogP contribution < -0.4 is 9.62 Å². The maximum absolute atomic E-state index is 14.1. The number of nitrogens with one attached hydrogen (secondary N) is 1. The Bertz CT molecular complexity index is 1440. The molecule has 0 spiro atoms. The van der Waals surface area contributed by atoms with Crippen LogP contribution in [0.4, 0.5) is 10.1 Å². The summed E-state index contributed by atoms with van der Waals surface area (Å²) >= 11 is 6.01. The normalized spacial score (nSPS) is 12.8. The number of amides is 2. The largest absolute Gasteiger partial charge is 0.352 e. The van der Waals surface area contributed by atoms with Gasteiger partial charge in [0.25, 0.3) is 10.0 Å². The Morgan fingerprint density at radius 1 is 0.975 bits per heavy atom. The SMILES string of the molecule is CC[C@@H](C)NC(=O)[C@H](CC)N(Cc1ccccc1C)C(=O)CN(c1ccc(F)c(Cl)c1)S(=O)(=O)c1ccccc1. The van der Waals surface area contributed by atoms with E-state index in [4.69, 9.17) is 11.6 Å². The lowest BCUT2D eigenvalue weighted by Gasteiger charge is -2.34. The van der Waals surface area contributed by atoms with Gasteiger partial charge in [-0.25, -0.2) is 12.8 Å². The van der Waals surface area contributed by atoms with E-state index in [9.17, 15) is 22.4 Å². The van der Waals surface area contributed by atoms with Crippen LogP contribution in [0.1, 0.15) is 44.7 Å². The number of rotatable bonds is 12. The Labute approximate surface area is 241 Å². The molecule has 214 valence electrons. The molecule has 2 amide bonds. The van der Waals surface area contributed by atoms with E-state index in [2.05, 4.69) is 5.32 Å². The second-order valence-corrected chi connectivity index (χ2v) is 11.9. The molecule has 7 nitrogen and oxygen atoms in total. The number of halogens is 2. The lowest BCUT2D eigenvalue weighted by molar-refractivity contribution is -0.140. The van der Waals surface area contributed by atoms with Crippen LogP contribution in [0.5, 0.6) is 0 Å². The van der Waals surface area contributed by atoms with Crippen LogP contribution in [0.25, 0.3) is 0 Å². The number of carbonyl (C=O) groups is 2. The summed E-state index contributed by atoms with van der Waals surface area (Å²) in [5.74, 6) is -1.63. The van der Waals surface area contributed by atoms with E-state index < -0.39 is 34.3 Å². The molecule has 10 heteroatoms. The zero-order valence-corrected chi connectivity index (χ0v) is 24.7. The van der Waals surface area contributed by atoms with Crippen molar-refractivity contribution in [2.24, 2.45) is 0 Å². The summed E-state index contributed by atoms with van der Waals surface area (Å²) in [6.45, 7) is 7.01. The third-order valence-corrected chi connectivity index (χ3v) is 8.87. The van der Waals surface area contributed by atoms with Crippen molar-refractivity contribution in [1.29, 1.82) is 0 Å². The number of sulfonamides is 1. The highest BCUT2D eigenvalue weighted by atomic mass is 35.5. The summed E-state index contributed by atoms with van der Waals surface area (Å²) in [7, 11) is -4.26. The average Bonchev–Trinajstić information content (AvgIpc) is 2.94. The van der Waals surface area contributed by atoms with E-state index in [1.54, 1.807) is 25.1 Å². The van der Waals surface area contributed by atoms with Crippen molar-refractivity contribution in [3.63, 3.8) is 0 Å². The van der Waals surface area contributed by atoms with Gasteiger partial charge in [0.15, 0.2) is 0 Å². The summed E-state index contributed by atoms with van der Waals surface area (Å²) < 4.78 is 42.5. The first-order valence-corrected chi connectivity index (χ1v) is 15.0. The summed E-state index contributed by atoms with van der Waals surface area (Å²) in [5.41, 5.74) is 1.78. The van der Waals surface area contributed by atoms with Gasteiger partial charge in [-0.3, -0.25) is 13.9 Å². The third kappa shape index (κ3) is 7.40. The maximum Gasteiger partial charge on any atom is 0.264 e. The molecule has 0 heterocycles. The number of hydrogen-bond donors (Lipinski definition) is 1. The van der Waals surface area contributed by atoms with E-state index >= 15 is 0 Å². The Morgan fingerprint density at radius 2 is 1.62 bits per heavy atom. The van der Waals surface area contributed by atoms with Crippen LogP contribution in [0.15, 0.2) is 77.7 Å². The monoisotopic (exact) mass is 587 g/mol. The smallest absolute Gasteiger partial charge is 0.264 e. The van der Waals surface area contributed by atoms with E-state index in [-0.39, 0.29) is 34.1 Å². The van der Waals surface area contributed by atoms with Gasteiger partial charge in [-0.15, -0.1) is 0 Å². The molecule has 0 fully saturated rings. The lowest BCUT2D eigenvalue weighted by Crippen LogP contribution is -2.53. The highest BCUT2D eigenvalue weighted by molar-refractivity contribution is 7.92. The van der Waals surface area contributed by atoms with Crippen LogP contribution in [-0.2, 0) is 26.2 Å². The van der Waals surface area contributed by atoms with Gasteiger partial charge in [0.2, 0.25) is 11.8 Å². The third-order valence-electron chi connectivity index (χ3n) is 6.79. The van der Waals surface area contributed by atoms with Crippen molar-refractivity contribution in [2.45, 2.75) is 64.1 Å². The molecular formula is C30H35ClFN3O4S. The summed E-state index contributed by atoms with van der Waals surface area (Å²) in [4.78, 5) is 28.8. The zero-order valence-electron chi connectivity index (χ0n) is 23.1. The van der Waals surface area contributed by atoms with Gasteiger partial charge in [0, 0.05) is 12.6 Å². The fourth-order valence-electron chi connectivity index (χ4n) is 4.22. The highest BCUT2D eigenvalue weighted by Gasteiger charge is 2.34. The number of nitrogens with zero attached hydrogens (tertiary/aromatic N) is 2. The van der Waals surface area contributed by atoms with E-state index in [0.717, 1.165) is 21.5 Å². The minimum absolute atomic E-state index is 0.0246. The van der Waals surface area contributed by atoms with Crippen LogP contribution >= 0.6 is 11.6 Å². The Kier molecular flexibility index (Phi) is 10.7. The van der Waals surface area contributed by atoms with Crippen LogP contribution in [0.3, 0.4) is 0 Å². The van der Waals surface area contributed by atoms with E-state index in [1.165, 1.54) is 29.2 Å². The average molecular weight is 588 g/mol. The van der Waals surface area contributed by atoms with Crippen molar-refractivity contribution in [1.82, 2.24) is 10.2 Å². The van der Waals surface area contributed by atoms with Gasteiger partial charge in [0.05, 0.1) is 15.6 Å². The molecule has 0 saturated carbocycles. The van der Waals surface area contributed by atoms with Crippen LogP contribution in [-0.4, -0.2) is 43.8 Å². The number of anilines is 1. The van der Waals surface area contributed by atoms with Crippen LogP contribution in [0.2, 0.25) is 5.02 Å². The first-order chi connectivity index (χ1) is 19.0. The molecular weight excluding hydrogens is 553 g/mol. The molecule has 0 bridgehead atoms. The zero-order chi connectivity index (χ0) is 29.4. The molecule has 3 rings (SSSR count). The topological polar surface area (TPSA) is 86.8 Å². The van der Waals surface area contributed by atoms with Crippen molar-refractivity contribution in [2.75, 3.05) is 10.8 Å². The predicted molar refractivity (Wildman–Crippen MR) is 156 cm³/mol. The molecule has 0 aliphatic heterocycles. The minimum atomic E-state index is -4.26. The molecule has 40 heavy (non-hydrogen) atoms. The molecule has 0 aliphatic rings. The molecule has 2 atom stereocenters. The summed E-state index contributed by atoms with van der Waals surface area (Å²) in [6.07, 6.45) is 1.02. The second kappa shape index (κ2) is 13.8. The first kappa shape index (κ1) is 31.1. The molecule has 0 unspecified atom stereocenters. The van der Waals surface area contributed by atoms with Crippen molar-refractivity contribution < 1.29 is 22.4 Å². The Morgan fingerprint density at radius 3 is 2.23 bits per heavy atom. The van der Waals surface area contributed by atoms with E-state index in [1.807, 2.05) is 45.0 Å². The molecule has 0 aromatic heterocycles. The molecule has 3 aromatic carbocycles. The fraction of sp³-hybridized carbons (Fsp3) is 0.333. The predicted octanol–water partition coefficient (Wildman–Crippen LogP) is 5.70. The second-order valence-electron chi connectivity index (χ2n) is 9.61. The number of carbonyl (C=O) groups excluding carboxylic acids is 2. The van der Waals surface area contributed by atoms with Gasteiger partial charge in [0.1, 0.15) is 18.4 Å². The quantitative estimate of drug-likeness (QED) is 0.294. The lowest BCUT2D eigenvalue weighted by atomic mass is 10.1. The standard InChI is InChI=1S/C30H35ClFN3O4S/c1-5-22(4)33-30(37)28(6-2)34(19-23-13-11-10-12-21(23)3)29(36)20-35(24-16-17-27(32)26(31)18-24)40(38,39)25-14-8-7-9-15-25/h7-18,22,28H,5-6,19-20H2,1-4H3,(H,33,37)/t22-,28+/m1/s1. The van der Waals surface area contributed by atoms with E-state index in [0.29, 0.717) is 12.8 Å². The van der Waals surface area contributed by atoms with Gasteiger partial charge < -0.3 is 10.2 Å². The van der Waals surface area contributed by atoms with Crippen molar-refractivity contribution >= 4 is 39.1 Å². The first-order valence-electron chi connectivity index (χ1n) is 13.2. The molecule has 0 saturated heterocycles. The minimum Gasteiger partial charge on any atom is -0.352 e. The number of benzene rings is 3. The number of aryl methyl sites for hydroxylation is 1. The fourth-order valence-corrected chi connectivity index (χ4v) is 5.82. The van der Waals surface area contributed by atoms with Crippen molar-refractivity contribution in [3.05, 3.63) is 94.8 Å². The van der Waals surface area contributed by atoms with Gasteiger partial charge in [-0.1, -0.05) is 67.9 Å². The maximum atomic E-state index is 14.1.